The van der Waals surface area contributed by atoms with E-state index < -0.39 is 0 Å². The quantitative estimate of drug-likeness (QED) is 0.783. The average Bonchev–Trinajstić information content (AvgIpc) is 2.45. The highest BCUT2D eigenvalue weighted by Gasteiger charge is 1.97. The van der Waals surface area contributed by atoms with Crippen LogP contribution in [0.5, 0.6) is 5.75 Å². The number of methoxy groups -OCH3 is 1. The molecule has 0 spiro atoms. The minimum absolute atomic E-state index is 0.586. The highest BCUT2D eigenvalue weighted by Crippen LogP contribution is 2.15. The van der Waals surface area contributed by atoms with Crippen molar-refractivity contribution in [3.63, 3.8) is 0 Å². The third-order valence-corrected chi connectivity index (χ3v) is 2.97. The zero-order valence-electron chi connectivity index (χ0n) is 11.4. The van der Waals surface area contributed by atoms with Crippen LogP contribution in [0.15, 0.2) is 48.5 Å². The molecule has 0 amide bonds. The topological polar surface area (TPSA) is 30.5 Å². The second kappa shape index (κ2) is 7.78. The normalized spacial score (nSPS) is 10.3. The summed E-state index contributed by atoms with van der Waals surface area (Å²) in [5.74, 6) is 0.854. The van der Waals surface area contributed by atoms with E-state index in [0.29, 0.717) is 13.2 Å². The molecule has 4 heteroatoms. The molecule has 0 aromatic heterocycles. The fourth-order valence-corrected chi connectivity index (χ4v) is 2.04. The number of benzene rings is 2. The van der Waals surface area contributed by atoms with E-state index in [0.717, 1.165) is 28.6 Å². The SMILES string of the molecule is COCc1cccc(OCCNc2cccc(Cl)c2)c1. The van der Waals surface area contributed by atoms with Crippen molar-refractivity contribution in [2.24, 2.45) is 0 Å². The Balaban J connectivity index is 1.77. The van der Waals surface area contributed by atoms with Crippen LogP contribution in [-0.2, 0) is 11.3 Å². The van der Waals surface area contributed by atoms with Crippen LogP contribution in [0.2, 0.25) is 5.02 Å². The van der Waals surface area contributed by atoms with Gasteiger partial charge >= 0.3 is 0 Å². The second-order valence-corrected chi connectivity index (χ2v) is 4.80. The van der Waals surface area contributed by atoms with Crippen molar-refractivity contribution in [2.75, 3.05) is 25.6 Å². The molecule has 0 heterocycles. The summed E-state index contributed by atoms with van der Waals surface area (Å²) >= 11 is 5.92. The minimum atomic E-state index is 0.586. The number of hydrogen-bond donors (Lipinski definition) is 1. The summed E-state index contributed by atoms with van der Waals surface area (Å²) in [5.41, 5.74) is 2.10. The van der Waals surface area contributed by atoms with Gasteiger partial charge in [-0.1, -0.05) is 29.8 Å². The molecule has 2 rings (SSSR count). The first kappa shape index (κ1) is 14.7. The Morgan fingerprint density at radius 2 is 1.95 bits per heavy atom. The molecule has 1 N–H and O–H groups in total. The lowest BCUT2D eigenvalue weighted by atomic mass is 10.2. The first-order chi connectivity index (χ1) is 9.78. The fourth-order valence-electron chi connectivity index (χ4n) is 1.85. The van der Waals surface area contributed by atoms with Crippen molar-refractivity contribution in [1.82, 2.24) is 0 Å². The Labute approximate surface area is 124 Å². The van der Waals surface area contributed by atoms with Crippen LogP contribution >= 0.6 is 11.6 Å². The lowest BCUT2D eigenvalue weighted by molar-refractivity contribution is 0.184. The molecule has 0 aliphatic rings. The molecule has 0 saturated heterocycles. The monoisotopic (exact) mass is 291 g/mol. The molecule has 2 aromatic carbocycles. The number of hydrogen-bond acceptors (Lipinski definition) is 3. The predicted octanol–water partition coefficient (Wildman–Crippen LogP) is 3.98. The van der Waals surface area contributed by atoms with Gasteiger partial charge in [-0.25, -0.2) is 0 Å². The standard InChI is InChI=1S/C16H18ClNO2/c1-19-12-13-4-2-7-16(10-13)20-9-8-18-15-6-3-5-14(17)11-15/h2-7,10-11,18H,8-9,12H2,1H3. The molecule has 0 bridgehead atoms. The number of anilines is 1. The van der Waals surface area contributed by atoms with E-state index in [1.165, 1.54) is 0 Å². The van der Waals surface area contributed by atoms with Crippen molar-refractivity contribution in [1.29, 1.82) is 0 Å². The molecule has 3 nitrogen and oxygen atoms in total. The highest BCUT2D eigenvalue weighted by molar-refractivity contribution is 6.30. The molecule has 2 aromatic rings. The lowest BCUT2D eigenvalue weighted by Gasteiger charge is -2.10. The van der Waals surface area contributed by atoms with Gasteiger partial charge in [0.2, 0.25) is 0 Å². The van der Waals surface area contributed by atoms with Crippen molar-refractivity contribution in [3.8, 4) is 5.75 Å². The van der Waals surface area contributed by atoms with Crippen molar-refractivity contribution in [2.45, 2.75) is 6.61 Å². The summed E-state index contributed by atoms with van der Waals surface area (Å²) in [5, 5.41) is 3.99. The molecule has 0 unspecified atom stereocenters. The van der Waals surface area contributed by atoms with E-state index in [2.05, 4.69) is 5.32 Å². The van der Waals surface area contributed by atoms with Crippen LogP contribution in [0.25, 0.3) is 0 Å². The molecule has 0 aliphatic heterocycles. The second-order valence-electron chi connectivity index (χ2n) is 4.37. The van der Waals surface area contributed by atoms with Crippen molar-refractivity contribution < 1.29 is 9.47 Å². The van der Waals surface area contributed by atoms with Crippen molar-refractivity contribution >= 4 is 17.3 Å². The predicted molar refractivity (Wildman–Crippen MR) is 82.6 cm³/mol. The maximum Gasteiger partial charge on any atom is 0.119 e. The summed E-state index contributed by atoms with van der Waals surface area (Å²) in [6.07, 6.45) is 0. The Kier molecular flexibility index (Phi) is 5.71. The Morgan fingerprint density at radius 1 is 1.10 bits per heavy atom. The lowest BCUT2D eigenvalue weighted by Crippen LogP contribution is -2.11. The number of rotatable bonds is 7. The summed E-state index contributed by atoms with van der Waals surface area (Å²) in [4.78, 5) is 0. The Hall–Kier alpha value is -1.71. The number of halogens is 1. The molecule has 20 heavy (non-hydrogen) atoms. The summed E-state index contributed by atoms with van der Waals surface area (Å²) in [6.45, 7) is 1.90. The molecule has 0 radical (unpaired) electrons. The van der Waals surface area contributed by atoms with Gasteiger partial charge in [-0.05, 0) is 35.9 Å². The highest BCUT2D eigenvalue weighted by atomic mass is 35.5. The average molecular weight is 292 g/mol. The van der Waals surface area contributed by atoms with Gasteiger partial charge in [-0.15, -0.1) is 0 Å². The van der Waals surface area contributed by atoms with Crippen molar-refractivity contribution in [3.05, 3.63) is 59.1 Å². The van der Waals surface area contributed by atoms with Gasteiger partial charge in [0.05, 0.1) is 6.61 Å². The van der Waals surface area contributed by atoms with Gasteiger partial charge < -0.3 is 14.8 Å². The van der Waals surface area contributed by atoms with E-state index in [-0.39, 0.29) is 0 Å². The molecular formula is C16H18ClNO2. The van der Waals surface area contributed by atoms with Crippen LogP contribution < -0.4 is 10.1 Å². The van der Waals surface area contributed by atoms with Crippen LogP contribution in [-0.4, -0.2) is 20.3 Å². The van der Waals surface area contributed by atoms with E-state index in [4.69, 9.17) is 21.1 Å². The van der Waals surface area contributed by atoms with Gasteiger partial charge in [0.15, 0.2) is 0 Å². The van der Waals surface area contributed by atoms with Gasteiger partial charge in [-0.2, -0.15) is 0 Å². The third kappa shape index (κ3) is 4.76. The minimum Gasteiger partial charge on any atom is -0.492 e. The van der Waals surface area contributed by atoms with Crippen LogP contribution in [0.3, 0.4) is 0 Å². The van der Waals surface area contributed by atoms with E-state index in [9.17, 15) is 0 Å². The van der Waals surface area contributed by atoms with Gasteiger partial charge in [-0.3, -0.25) is 0 Å². The summed E-state index contributed by atoms with van der Waals surface area (Å²) < 4.78 is 10.8. The molecular weight excluding hydrogens is 274 g/mol. The fraction of sp³-hybridized carbons (Fsp3) is 0.250. The van der Waals surface area contributed by atoms with E-state index >= 15 is 0 Å². The molecule has 106 valence electrons. The van der Waals surface area contributed by atoms with Gasteiger partial charge in [0, 0.05) is 24.4 Å². The maximum atomic E-state index is 5.92. The largest absolute Gasteiger partial charge is 0.492 e. The number of ether oxygens (including phenoxy) is 2. The van der Waals surface area contributed by atoms with E-state index in [1.54, 1.807) is 7.11 Å². The third-order valence-electron chi connectivity index (χ3n) is 2.73. The summed E-state index contributed by atoms with van der Waals surface area (Å²) in [6, 6.07) is 15.5. The van der Waals surface area contributed by atoms with Crippen LogP contribution in [0, 0.1) is 0 Å². The van der Waals surface area contributed by atoms with E-state index in [1.807, 2.05) is 48.5 Å². The Morgan fingerprint density at radius 3 is 2.75 bits per heavy atom. The smallest absolute Gasteiger partial charge is 0.119 e. The molecule has 0 atom stereocenters. The van der Waals surface area contributed by atoms with Gasteiger partial charge in [0.1, 0.15) is 12.4 Å². The van der Waals surface area contributed by atoms with Gasteiger partial charge in [0.25, 0.3) is 0 Å². The molecule has 0 fully saturated rings. The first-order valence-electron chi connectivity index (χ1n) is 6.48. The molecule has 0 aliphatic carbocycles. The van der Waals surface area contributed by atoms with Crippen LogP contribution in [0.1, 0.15) is 5.56 Å². The maximum absolute atomic E-state index is 5.92. The first-order valence-corrected chi connectivity index (χ1v) is 6.86. The zero-order chi connectivity index (χ0) is 14.2. The Bertz CT molecular complexity index is 546. The summed E-state index contributed by atoms with van der Waals surface area (Å²) in [7, 11) is 1.68. The molecule has 0 saturated carbocycles. The number of nitrogens with one attached hydrogen (secondary N) is 1. The zero-order valence-corrected chi connectivity index (χ0v) is 12.2. The van der Waals surface area contributed by atoms with Crippen LogP contribution in [0.4, 0.5) is 5.69 Å².